The highest BCUT2D eigenvalue weighted by atomic mass is 19.4. The summed E-state index contributed by atoms with van der Waals surface area (Å²) in [7, 11) is 0. The quantitative estimate of drug-likeness (QED) is 0.370. The van der Waals surface area contributed by atoms with Crippen molar-refractivity contribution in [3.8, 4) is 11.6 Å². The second-order valence-corrected chi connectivity index (χ2v) is 7.30. The third-order valence-corrected chi connectivity index (χ3v) is 4.86. The highest BCUT2D eigenvalue weighted by molar-refractivity contribution is 5.86. The van der Waals surface area contributed by atoms with Gasteiger partial charge < -0.3 is 14.0 Å². The predicted molar refractivity (Wildman–Crippen MR) is 112 cm³/mol. The molecule has 0 saturated heterocycles. The molecule has 32 heavy (non-hydrogen) atoms. The first kappa shape index (κ1) is 23.6. The van der Waals surface area contributed by atoms with E-state index in [1.807, 2.05) is 13.8 Å². The van der Waals surface area contributed by atoms with Gasteiger partial charge in [-0.25, -0.2) is 4.98 Å². The topological polar surface area (TPSA) is 74.5 Å². The van der Waals surface area contributed by atoms with Crippen LogP contribution in [-0.4, -0.2) is 22.7 Å². The van der Waals surface area contributed by atoms with E-state index in [4.69, 9.17) is 14.0 Å². The first-order valence-corrected chi connectivity index (χ1v) is 10.6. The number of aryl methyl sites for hydroxylation is 2. The molecule has 0 N–H and O–H groups in total. The average molecular weight is 450 g/mol. The van der Waals surface area contributed by atoms with Gasteiger partial charge in [0.25, 0.3) is 0 Å². The van der Waals surface area contributed by atoms with E-state index in [9.17, 15) is 18.0 Å². The summed E-state index contributed by atoms with van der Waals surface area (Å²) in [5, 5.41) is 3.22. The zero-order chi connectivity index (χ0) is 23.3. The van der Waals surface area contributed by atoms with Gasteiger partial charge in [-0.3, -0.25) is 4.79 Å². The summed E-state index contributed by atoms with van der Waals surface area (Å²) < 4.78 is 56.7. The fourth-order valence-electron chi connectivity index (χ4n) is 3.56. The molecular formula is C23H25F3N2O4. The first-order chi connectivity index (χ1) is 15.3. The SMILES string of the molecule is CCCc1cc2c(C(F)(F)F)noc2c(CCC)c1Oc1ncccc1CC(=O)OCC. The number of esters is 1. The van der Waals surface area contributed by atoms with E-state index in [0.29, 0.717) is 48.1 Å². The van der Waals surface area contributed by atoms with Crippen molar-refractivity contribution < 1.29 is 32.0 Å². The predicted octanol–water partition coefficient (Wildman–Crippen LogP) is 6.04. The molecule has 0 aliphatic rings. The van der Waals surface area contributed by atoms with Crippen LogP contribution in [-0.2, 0) is 35.0 Å². The Labute approximate surface area is 183 Å². The molecule has 2 aromatic heterocycles. The van der Waals surface area contributed by atoms with Gasteiger partial charge in [-0.15, -0.1) is 0 Å². The smallest absolute Gasteiger partial charge is 0.437 e. The number of pyridine rings is 1. The van der Waals surface area contributed by atoms with Crippen molar-refractivity contribution in [3.05, 3.63) is 46.8 Å². The van der Waals surface area contributed by atoms with Crippen molar-refractivity contribution in [2.45, 2.75) is 59.1 Å². The summed E-state index contributed by atoms with van der Waals surface area (Å²) in [6.07, 6.45) is -0.877. The van der Waals surface area contributed by atoms with Crippen LogP contribution in [0.5, 0.6) is 11.6 Å². The minimum absolute atomic E-state index is 0.0357. The Morgan fingerprint density at radius 3 is 2.53 bits per heavy atom. The molecule has 2 heterocycles. The van der Waals surface area contributed by atoms with Gasteiger partial charge in [0.2, 0.25) is 5.88 Å². The molecule has 0 aliphatic heterocycles. The van der Waals surface area contributed by atoms with Crippen LogP contribution in [0.3, 0.4) is 0 Å². The maximum absolute atomic E-state index is 13.5. The Bertz CT molecular complexity index is 1090. The molecule has 6 nitrogen and oxygen atoms in total. The maximum Gasteiger partial charge on any atom is 0.437 e. The molecule has 0 atom stereocenters. The number of carbonyl (C=O) groups excluding carboxylic acids is 1. The Hall–Kier alpha value is -3.10. The summed E-state index contributed by atoms with van der Waals surface area (Å²) in [4.78, 5) is 16.3. The van der Waals surface area contributed by atoms with E-state index in [-0.39, 0.29) is 29.9 Å². The number of hydrogen-bond donors (Lipinski definition) is 0. The summed E-state index contributed by atoms with van der Waals surface area (Å²) in [5.41, 5.74) is 0.630. The second kappa shape index (κ2) is 10.0. The largest absolute Gasteiger partial charge is 0.466 e. The zero-order valence-electron chi connectivity index (χ0n) is 18.2. The minimum Gasteiger partial charge on any atom is -0.466 e. The van der Waals surface area contributed by atoms with E-state index in [1.54, 1.807) is 19.1 Å². The standard InChI is InChI=1S/C23H25F3N2O4/c1-4-8-14-12-17-20(32-28-21(17)23(24,25)26)16(9-5-2)19(14)31-22-15(10-7-11-27-22)13-18(29)30-6-3/h7,10-12H,4-6,8-9,13H2,1-3H3. The Morgan fingerprint density at radius 2 is 1.88 bits per heavy atom. The summed E-state index contributed by atoms with van der Waals surface area (Å²) in [6, 6.07) is 4.81. The molecule has 0 bridgehead atoms. The van der Waals surface area contributed by atoms with Gasteiger partial charge >= 0.3 is 12.1 Å². The van der Waals surface area contributed by atoms with Crippen molar-refractivity contribution >= 4 is 16.9 Å². The number of carbonyl (C=O) groups is 1. The zero-order valence-corrected chi connectivity index (χ0v) is 18.2. The number of ether oxygens (including phenoxy) is 2. The van der Waals surface area contributed by atoms with Crippen LogP contribution >= 0.6 is 0 Å². The van der Waals surface area contributed by atoms with Gasteiger partial charge in [-0.05, 0) is 37.5 Å². The van der Waals surface area contributed by atoms with Crippen LogP contribution in [0.4, 0.5) is 13.2 Å². The highest BCUT2D eigenvalue weighted by Gasteiger charge is 2.38. The number of fused-ring (bicyclic) bond motifs is 1. The van der Waals surface area contributed by atoms with E-state index < -0.39 is 17.8 Å². The second-order valence-electron chi connectivity index (χ2n) is 7.30. The van der Waals surface area contributed by atoms with Gasteiger partial charge in [-0.1, -0.05) is 37.9 Å². The minimum atomic E-state index is -4.63. The first-order valence-electron chi connectivity index (χ1n) is 10.6. The fourth-order valence-corrected chi connectivity index (χ4v) is 3.56. The molecule has 0 fully saturated rings. The summed E-state index contributed by atoms with van der Waals surface area (Å²) in [5.74, 6) is 0.175. The number of rotatable bonds is 9. The van der Waals surface area contributed by atoms with Gasteiger partial charge in [-0.2, -0.15) is 13.2 Å². The number of alkyl halides is 3. The molecule has 3 rings (SSSR count). The van der Waals surface area contributed by atoms with Crippen molar-refractivity contribution in [3.63, 3.8) is 0 Å². The van der Waals surface area contributed by atoms with Gasteiger partial charge in [0, 0.05) is 17.3 Å². The summed E-state index contributed by atoms with van der Waals surface area (Å²) >= 11 is 0. The molecule has 0 spiro atoms. The van der Waals surface area contributed by atoms with Gasteiger partial charge in [0.1, 0.15) is 5.75 Å². The number of halogens is 3. The summed E-state index contributed by atoms with van der Waals surface area (Å²) in [6.45, 7) is 5.81. The number of hydrogen-bond acceptors (Lipinski definition) is 6. The number of nitrogens with zero attached hydrogens (tertiary/aromatic N) is 2. The van der Waals surface area contributed by atoms with E-state index >= 15 is 0 Å². The lowest BCUT2D eigenvalue weighted by Crippen LogP contribution is -2.09. The lowest BCUT2D eigenvalue weighted by Gasteiger charge is -2.17. The molecule has 1 aromatic carbocycles. The van der Waals surface area contributed by atoms with Crippen LogP contribution in [0.25, 0.3) is 11.0 Å². The normalized spacial score (nSPS) is 11.7. The van der Waals surface area contributed by atoms with Crippen molar-refractivity contribution in [2.24, 2.45) is 0 Å². The Balaban J connectivity index is 2.15. The molecule has 172 valence electrons. The number of aromatic nitrogens is 2. The molecule has 9 heteroatoms. The molecular weight excluding hydrogens is 425 g/mol. The molecule has 0 aliphatic carbocycles. The maximum atomic E-state index is 13.5. The molecule has 3 aromatic rings. The average Bonchev–Trinajstić information content (AvgIpc) is 3.16. The third-order valence-electron chi connectivity index (χ3n) is 4.86. The number of benzene rings is 1. The third kappa shape index (κ3) is 5.03. The van der Waals surface area contributed by atoms with Crippen LogP contribution < -0.4 is 4.74 Å². The van der Waals surface area contributed by atoms with Crippen molar-refractivity contribution in [2.75, 3.05) is 6.61 Å². The molecule has 0 unspecified atom stereocenters. The monoisotopic (exact) mass is 450 g/mol. The molecule has 0 radical (unpaired) electrons. The van der Waals surface area contributed by atoms with Crippen LogP contribution in [0.2, 0.25) is 0 Å². The molecule has 0 saturated carbocycles. The Kier molecular flexibility index (Phi) is 7.37. The van der Waals surface area contributed by atoms with Crippen LogP contribution in [0.1, 0.15) is 56.0 Å². The van der Waals surface area contributed by atoms with E-state index in [0.717, 1.165) is 0 Å². The fraction of sp³-hybridized carbons (Fsp3) is 0.435. The lowest BCUT2D eigenvalue weighted by molar-refractivity contribution is -0.142. The van der Waals surface area contributed by atoms with Crippen LogP contribution in [0, 0.1) is 0 Å². The van der Waals surface area contributed by atoms with Crippen molar-refractivity contribution in [1.29, 1.82) is 0 Å². The van der Waals surface area contributed by atoms with Gasteiger partial charge in [0.05, 0.1) is 18.4 Å². The highest BCUT2D eigenvalue weighted by Crippen LogP contribution is 2.42. The van der Waals surface area contributed by atoms with Crippen molar-refractivity contribution in [1.82, 2.24) is 10.1 Å². The Morgan fingerprint density at radius 1 is 1.12 bits per heavy atom. The molecule has 0 amide bonds. The van der Waals surface area contributed by atoms with Gasteiger partial charge in [0.15, 0.2) is 11.3 Å². The van der Waals surface area contributed by atoms with E-state index in [1.165, 1.54) is 12.3 Å². The van der Waals surface area contributed by atoms with Crippen LogP contribution in [0.15, 0.2) is 28.9 Å². The lowest BCUT2D eigenvalue weighted by atomic mass is 9.97. The van der Waals surface area contributed by atoms with E-state index in [2.05, 4.69) is 10.1 Å².